The Hall–Kier alpha value is -2.89. The molecule has 1 atom stereocenters. The maximum atomic E-state index is 12.3. The molecular formula is C21H25NO5. The van der Waals surface area contributed by atoms with Gasteiger partial charge in [-0.05, 0) is 43.7 Å². The number of rotatable bonds is 7. The van der Waals surface area contributed by atoms with Crippen molar-refractivity contribution < 1.29 is 23.7 Å². The fraction of sp³-hybridized carbons (Fsp3) is 0.381. The first kappa shape index (κ1) is 18.9. The van der Waals surface area contributed by atoms with E-state index in [0.717, 1.165) is 17.7 Å². The molecule has 1 heterocycles. The van der Waals surface area contributed by atoms with Crippen LogP contribution in [0.1, 0.15) is 31.9 Å². The Morgan fingerprint density at radius 1 is 1.07 bits per heavy atom. The van der Waals surface area contributed by atoms with Gasteiger partial charge in [-0.1, -0.05) is 18.2 Å². The maximum Gasteiger partial charge on any atom is 0.258 e. The first-order valence-electron chi connectivity index (χ1n) is 9.21. The van der Waals surface area contributed by atoms with Gasteiger partial charge in [-0.15, -0.1) is 0 Å². The van der Waals surface area contributed by atoms with Gasteiger partial charge < -0.3 is 24.3 Å². The van der Waals surface area contributed by atoms with Gasteiger partial charge in [0.2, 0.25) is 0 Å². The van der Waals surface area contributed by atoms with E-state index in [2.05, 4.69) is 5.32 Å². The number of fused-ring (bicyclic) bond motifs is 1. The zero-order valence-electron chi connectivity index (χ0n) is 15.7. The number of benzene rings is 2. The second kappa shape index (κ2) is 9.16. The summed E-state index contributed by atoms with van der Waals surface area (Å²) in [6, 6.07) is 12.9. The minimum Gasteiger partial charge on any atom is -0.490 e. The van der Waals surface area contributed by atoms with E-state index in [1.807, 2.05) is 50.2 Å². The van der Waals surface area contributed by atoms with Crippen LogP contribution >= 0.6 is 0 Å². The van der Waals surface area contributed by atoms with Crippen LogP contribution in [0.15, 0.2) is 42.5 Å². The highest BCUT2D eigenvalue weighted by Crippen LogP contribution is 2.32. The molecule has 1 amide bonds. The van der Waals surface area contributed by atoms with Crippen LogP contribution in [0.2, 0.25) is 0 Å². The zero-order chi connectivity index (χ0) is 19.1. The summed E-state index contributed by atoms with van der Waals surface area (Å²) in [7, 11) is 0. The van der Waals surface area contributed by atoms with Gasteiger partial charge in [0.05, 0.1) is 25.9 Å². The lowest BCUT2D eigenvalue weighted by Crippen LogP contribution is -2.31. The minimum absolute atomic E-state index is 0.0843. The van der Waals surface area contributed by atoms with E-state index in [1.165, 1.54) is 0 Å². The van der Waals surface area contributed by atoms with Crippen LogP contribution < -0.4 is 24.3 Å². The molecule has 0 fully saturated rings. The first-order chi connectivity index (χ1) is 13.2. The molecule has 3 rings (SSSR count). The van der Waals surface area contributed by atoms with Crippen LogP contribution in [-0.4, -0.2) is 32.3 Å². The lowest BCUT2D eigenvalue weighted by Gasteiger charge is -2.17. The summed E-state index contributed by atoms with van der Waals surface area (Å²) >= 11 is 0. The number of carbonyl (C=O) groups excluding carboxylic acids is 1. The van der Waals surface area contributed by atoms with Gasteiger partial charge in [0.1, 0.15) is 0 Å². The van der Waals surface area contributed by atoms with Gasteiger partial charge >= 0.3 is 0 Å². The summed E-state index contributed by atoms with van der Waals surface area (Å²) in [6.07, 6.45) is 0.858. The number of amides is 1. The van der Waals surface area contributed by atoms with Crippen LogP contribution in [0, 0.1) is 0 Å². The first-order valence-corrected chi connectivity index (χ1v) is 9.21. The molecule has 2 aromatic rings. The molecule has 27 heavy (non-hydrogen) atoms. The summed E-state index contributed by atoms with van der Waals surface area (Å²) in [5, 5.41) is 2.94. The molecule has 1 aliphatic rings. The number of hydrogen-bond donors (Lipinski definition) is 1. The standard InChI is InChI=1S/C21H25NO5/c1-3-24-17-7-4-5-8-18(17)27-14-21(23)22-15(2)16-9-10-19-20(13-16)26-12-6-11-25-19/h4-5,7-10,13,15H,3,6,11-12,14H2,1-2H3,(H,22,23). The monoisotopic (exact) mass is 371 g/mol. The Labute approximate surface area is 159 Å². The largest absolute Gasteiger partial charge is 0.490 e. The molecule has 1 unspecified atom stereocenters. The van der Waals surface area contributed by atoms with E-state index in [-0.39, 0.29) is 18.6 Å². The average Bonchev–Trinajstić information content (AvgIpc) is 2.92. The minimum atomic E-state index is -0.207. The number of nitrogens with one attached hydrogen (secondary N) is 1. The predicted molar refractivity (Wildman–Crippen MR) is 102 cm³/mol. The molecule has 0 aromatic heterocycles. The number of carbonyl (C=O) groups is 1. The van der Waals surface area contributed by atoms with Gasteiger partial charge in [0.25, 0.3) is 5.91 Å². The number of para-hydroxylation sites is 2. The summed E-state index contributed by atoms with van der Waals surface area (Å²) < 4.78 is 22.5. The van der Waals surface area contributed by atoms with E-state index in [1.54, 1.807) is 6.07 Å². The van der Waals surface area contributed by atoms with Crippen molar-refractivity contribution in [3.63, 3.8) is 0 Å². The molecular weight excluding hydrogens is 346 g/mol. The van der Waals surface area contributed by atoms with E-state index < -0.39 is 0 Å². The zero-order valence-corrected chi connectivity index (χ0v) is 15.7. The fourth-order valence-electron chi connectivity index (χ4n) is 2.80. The molecule has 6 heteroatoms. The van der Waals surface area contributed by atoms with E-state index in [4.69, 9.17) is 18.9 Å². The van der Waals surface area contributed by atoms with E-state index in [0.29, 0.717) is 37.1 Å². The van der Waals surface area contributed by atoms with E-state index >= 15 is 0 Å². The Bertz CT molecular complexity index is 777. The summed E-state index contributed by atoms with van der Waals surface area (Å²) in [4.78, 5) is 12.3. The SMILES string of the molecule is CCOc1ccccc1OCC(=O)NC(C)c1ccc2c(c1)OCCCO2. The van der Waals surface area contributed by atoms with Crippen molar-refractivity contribution in [1.29, 1.82) is 0 Å². The quantitative estimate of drug-likeness (QED) is 0.807. The normalized spacial score (nSPS) is 14.0. The maximum absolute atomic E-state index is 12.3. The highest BCUT2D eigenvalue weighted by molar-refractivity contribution is 5.78. The predicted octanol–water partition coefficient (Wildman–Crippen LogP) is 3.50. The smallest absolute Gasteiger partial charge is 0.258 e. The van der Waals surface area contributed by atoms with Crippen molar-refractivity contribution in [3.05, 3.63) is 48.0 Å². The number of hydrogen-bond acceptors (Lipinski definition) is 5. The van der Waals surface area contributed by atoms with Crippen molar-refractivity contribution in [2.75, 3.05) is 26.4 Å². The Morgan fingerprint density at radius 2 is 1.78 bits per heavy atom. The topological polar surface area (TPSA) is 66.0 Å². The van der Waals surface area contributed by atoms with Crippen LogP contribution in [0.4, 0.5) is 0 Å². The second-order valence-electron chi connectivity index (χ2n) is 6.21. The second-order valence-corrected chi connectivity index (χ2v) is 6.21. The molecule has 0 aliphatic carbocycles. The van der Waals surface area contributed by atoms with Gasteiger partial charge in [-0.2, -0.15) is 0 Å². The lowest BCUT2D eigenvalue weighted by molar-refractivity contribution is -0.123. The highest BCUT2D eigenvalue weighted by atomic mass is 16.5. The molecule has 1 aliphatic heterocycles. The molecule has 0 spiro atoms. The van der Waals surface area contributed by atoms with Crippen LogP contribution in [0.5, 0.6) is 23.0 Å². The van der Waals surface area contributed by atoms with Crippen molar-refractivity contribution in [3.8, 4) is 23.0 Å². The molecule has 0 saturated carbocycles. The van der Waals surface area contributed by atoms with Crippen molar-refractivity contribution in [2.24, 2.45) is 0 Å². The summed E-state index contributed by atoms with van der Waals surface area (Å²) in [5.41, 5.74) is 0.947. The molecule has 2 aromatic carbocycles. The van der Waals surface area contributed by atoms with Gasteiger partial charge in [-0.3, -0.25) is 4.79 Å². The van der Waals surface area contributed by atoms with Gasteiger partial charge in [0.15, 0.2) is 29.6 Å². The number of ether oxygens (including phenoxy) is 4. The van der Waals surface area contributed by atoms with E-state index in [9.17, 15) is 4.79 Å². The van der Waals surface area contributed by atoms with Crippen molar-refractivity contribution in [2.45, 2.75) is 26.3 Å². The molecule has 144 valence electrons. The van der Waals surface area contributed by atoms with Crippen molar-refractivity contribution in [1.82, 2.24) is 5.32 Å². The van der Waals surface area contributed by atoms with Gasteiger partial charge in [-0.25, -0.2) is 0 Å². The lowest BCUT2D eigenvalue weighted by atomic mass is 10.1. The third-order valence-electron chi connectivity index (χ3n) is 4.16. The fourth-order valence-corrected chi connectivity index (χ4v) is 2.80. The Balaban J connectivity index is 1.57. The molecule has 0 bridgehead atoms. The van der Waals surface area contributed by atoms with Crippen LogP contribution in [0.25, 0.3) is 0 Å². The summed E-state index contributed by atoms with van der Waals surface area (Å²) in [6.45, 7) is 5.56. The summed E-state index contributed by atoms with van der Waals surface area (Å²) in [5.74, 6) is 2.43. The van der Waals surface area contributed by atoms with Crippen molar-refractivity contribution >= 4 is 5.91 Å². The Morgan fingerprint density at radius 3 is 2.52 bits per heavy atom. The molecule has 0 radical (unpaired) electrons. The molecule has 6 nitrogen and oxygen atoms in total. The van der Waals surface area contributed by atoms with Crippen LogP contribution in [0.3, 0.4) is 0 Å². The molecule has 0 saturated heterocycles. The third kappa shape index (κ3) is 5.06. The molecule has 1 N–H and O–H groups in total. The third-order valence-corrected chi connectivity index (χ3v) is 4.16. The Kier molecular flexibility index (Phi) is 6.41. The average molecular weight is 371 g/mol. The van der Waals surface area contributed by atoms with Crippen LogP contribution in [-0.2, 0) is 4.79 Å². The highest BCUT2D eigenvalue weighted by Gasteiger charge is 2.16. The van der Waals surface area contributed by atoms with Gasteiger partial charge in [0, 0.05) is 6.42 Å².